The van der Waals surface area contributed by atoms with Gasteiger partial charge in [0.1, 0.15) is 0 Å². The Balaban J connectivity index is 2.32. The molecule has 0 radical (unpaired) electrons. The minimum atomic E-state index is -0.788. The Morgan fingerprint density at radius 2 is 1.76 bits per heavy atom. The van der Waals surface area contributed by atoms with Crippen molar-refractivity contribution in [2.24, 2.45) is 5.41 Å². The highest BCUT2D eigenvalue weighted by atomic mass is 16.5. The molecular weight excluding hydrogens is 272 g/mol. The van der Waals surface area contributed by atoms with E-state index in [1.807, 2.05) is 0 Å². The molecule has 1 rings (SSSR count). The van der Waals surface area contributed by atoms with E-state index in [0.29, 0.717) is 26.0 Å². The fraction of sp³-hybridized carbons (Fsp3) is 0.867. The van der Waals surface area contributed by atoms with Crippen LogP contribution < -0.4 is 10.6 Å². The van der Waals surface area contributed by atoms with E-state index in [1.165, 1.54) is 0 Å². The summed E-state index contributed by atoms with van der Waals surface area (Å²) >= 11 is 0. The normalized spacial score (nSPS) is 17.8. The number of carboxylic acids is 1. The van der Waals surface area contributed by atoms with Crippen LogP contribution in [-0.4, -0.2) is 43.9 Å². The maximum Gasteiger partial charge on any atom is 0.314 e. The van der Waals surface area contributed by atoms with E-state index >= 15 is 0 Å². The molecule has 0 aliphatic heterocycles. The molecule has 1 fully saturated rings. The van der Waals surface area contributed by atoms with Crippen molar-refractivity contribution in [3.63, 3.8) is 0 Å². The van der Waals surface area contributed by atoms with Crippen LogP contribution in [0.25, 0.3) is 0 Å². The fourth-order valence-corrected chi connectivity index (χ4v) is 2.76. The Labute approximate surface area is 126 Å². The number of carboxylic acid groups (broad SMARTS) is 1. The molecule has 1 saturated carbocycles. The number of amides is 2. The van der Waals surface area contributed by atoms with Gasteiger partial charge < -0.3 is 20.5 Å². The van der Waals surface area contributed by atoms with Crippen molar-refractivity contribution in [1.29, 1.82) is 0 Å². The summed E-state index contributed by atoms with van der Waals surface area (Å²) in [7, 11) is 1.65. The Hall–Kier alpha value is -1.30. The van der Waals surface area contributed by atoms with E-state index in [2.05, 4.69) is 10.6 Å². The van der Waals surface area contributed by atoms with E-state index in [9.17, 15) is 14.7 Å². The van der Waals surface area contributed by atoms with Gasteiger partial charge in [-0.3, -0.25) is 4.79 Å². The van der Waals surface area contributed by atoms with Crippen molar-refractivity contribution in [3.05, 3.63) is 0 Å². The molecule has 6 heteroatoms. The van der Waals surface area contributed by atoms with Crippen LogP contribution in [-0.2, 0) is 9.53 Å². The number of nitrogens with one attached hydrogen (secondary N) is 2. The summed E-state index contributed by atoms with van der Waals surface area (Å²) in [6.45, 7) is 1.48. The second-order valence-corrected chi connectivity index (χ2v) is 5.81. The van der Waals surface area contributed by atoms with Gasteiger partial charge in [0.2, 0.25) is 0 Å². The molecule has 6 nitrogen and oxygen atoms in total. The van der Waals surface area contributed by atoms with E-state index in [0.717, 1.165) is 38.5 Å². The summed E-state index contributed by atoms with van der Waals surface area (Å²) in [5.41, 5.74) is -0.788. The van der Waals surface area contributed by atoms with Gasteiger partial charge in [-0.15, -0.1) is 0 Å². The minimum absolute atomic E-state index is 0.215. The highest BCUT2D eigenvalue weighted by Gasteiger charge is 2.38. The Kier molecular flexibility index (Phi) is 8.12. The number of unbranched alkanes of at least 4 members (excludes halogenated alkanes) is 1. The van der Waals surface area contributed by atoms with Crippen LogP contribution in [0, 0.1) is 5.41 Å². The second kappa shape index (κ2) is 9.60. The summed E-state index contributed by atoms with van der Waals surface area (Å²) in [5.74, 6) is -0.787. The van der Waals surface area contributed by atoms with Crippen molar-refractivity contribution >= 4 is 12.0 Å². The first kappa shape index (κ1) is 17.8. The lowest BCUT2D eigenvalue weighted by Crippen LogP contribution is -2.46. The molecule has 3 N–H and O–H groups in total. The van der Waals surface area contributed by atoms with Crippen LogP contribution in [0.2, 0.25) is 0 Å². The lowest BCUT2D eigenvalue weighted by Gasteiger charge is -2.28. The SMILES string of the molecule is COCCCCNC(=O)NCC1(C(=O)O)CCCCCC1. The van der Waals surface area contributed by atoms with Gasteiger partial charge in [-0.05, 0) is 25.7 Å². The topological polar surface area (TPSA) is 87.7 Å². The van der Waals surface area contributed by atoms with Crippen LogP contribution in [0.3, 0.4) is 0 Å². The molecule has 2 amide bonds. The quantitative estimate of drug-likeness (QED) is 0.473. The molecule has 0 bridgehead atoms. The average Bonchev–Trinajstić information content (AvgIpc) is 2.71. The smallest absolute Gasteiger partial charge is 0.314 e. The number of carbonyl (C=O) groups is 2. The zero-order valence-electron chi connectivity index (χ0n) is 13.0. The third-order valence-corrected chi connectivity index (χ3v) is 4.16. The van der Waals surface area contributed by atoms with Crippen LogP contribution in [0.5, 0.6) is 0 Å². The number of urea groups is 1. The zero-order chi connectivity index (χ0) is 15.6. The first-order valence-electron chi connectivity index (χ1n) is 7.85. The summed E-state index contributed by atoms with van der Waals surface area (Å²) in [5, 5.41) is 15.0. The first-order valence-corrected chi connectivity index (χ1v) is 7.85. The third kappa shape index (κ3) is 6.33. The highest BCUT2D eigenvalue weighted by molar-refractivity contribution is 5.78. The van der Waals surface area contributed by atoms with Gasteiger partial charge in [-0.2, -0.15) is 0 Å². The Morgan fingerprint density at radius 1 is 1.10 bits per heavy atom. The maximum absolute atomic E-state index is 11.7. The molecule has 21 heavy (non-hydrogen) atoms. The average molecular weight is 300 g/mol. The predicted octanol–water partition coefficient (Wildman–Crippen LogP) is 2.14. The van der Waals surface area contributed by atoms with Gasteiger partial charge in [0, 0.05) is 26.8 Å². The number of aliphatic carboxylic acids is 1. The fourth-order valence-electron chi connectivity index (χ4n) is 2.76. The molecular formula is C15H28N2O4. The molecule has 0 atom stereocenters. The van der Waals surface area contributed by atoms with Crippen LogP contribution in [0.4, 0.5) is 4.79 Å². The highest BCUT2D eigenvalue weighted by Crippen LogP contribution is 2.34. The van der Waals surface area contributed by atoms with Crippen LogP contribution in [0.15, 0.2) is 0 Å². The van der Waals surface area contributed by atoms with Crippen molar-refractivity contribution < 1.29 is 19.4 Å². The molecule has 0 spiro atoms. The third-order valence-electron chi connectivity index (χ3n) is 4.16. The molecule has 0 aromatic heterocycles. The molecule has 0 heterocycles. The molecule has 1 aliphatic rings. The molecule has 0 unspecified atom stereocenters. The van der Waals surface area contributed by atoms with Gasteiger partial charge in [0.05, 0.1) is 5.41 Å². The second-order valence-electron chi connectivity index (χ2n) is 5.81. The number of methoxy groups -OCH3 is 1. The van der Waals surface area contributed by atoms with Gasteiger partial charge in [-0.1, -0.05) is 25.7 Å². The van der Waals surface area contributed by atoms with Crippen molar-refractivity contribution in [2.45, 2.75) is 51.4 Å². The number of rotatable bonds is 8. The predicted molar refractivity (Wildman–Crippen MR) is 80.3 cm³/mol. The lowest BCUT2D eigenvalue weighted by atomic mass is 9.80. The Bertz CT molecular complexity index is 326. The summed E-state index contributed by atoms with van der Waals surface area (Å²) in [6, 6.07) is -0.280. The molecule has 1 aliphatic carbocycles. The maximum atomic E-state index is 11.7. The monoisotopic (exact) mass is 300 g/mol. The van der Waals surface area contributed by atoms with Crippen LogP contribution >= 0.6 is 0 Å². The Morgan fingerprint density at radius 3 is 2.33 bits per heavy atom. The van der Waals surface area contributed by atoms with E-state index < -0.39 is 11.4 Å². The molecule has 0 saturated heterocycles. The first-order chi connectivity index (χ1) is 10.1. The van der Waals surface area contributed by atoms with Crippen molar-refractivity contribution in [2.75, 3.05) is 26.8 Å². The van der Waals surface area contributed by atoms with E-state index in [4.69, 9.17) is 4.74 Å². The van der Waals surface area contributed by atoms with Gasteiger partial charge in [0.15, 0.2) is 0 Å². The summed E-state index contributed by atoms with van der Waals surface area (Å²) < 4.78 is 4.93. The largest absolute Gasteiger partial charge is 0.481 e. The van der Waals surface area contributed by atoms with E-state index in [1.54, 1.807) is 7.11 Å². The van der Waals surface area contributed by atoms with E-state index in [-0.39, 0.29) is 12.6 Å². The van der Waals surface area contributed by atoms with Crippen LogP contribution in [0.1, 0.15) is 51.4 Å². The standard InChI is InChI=1S/C15H28N2O4/c1-21-11-7-6-10-16-14(20)17-12-15(13(18)19)8-4-2-3-5-9-15/h2-12H2,1H3,(H,18,19)(H2,16,17,20). The van der Waals surface area contributed by atoms with Crippen molar-refractivity contribution in [1.82, 2.24) is 10.6 Å². The summed E-state index contributed by atoms with van der Waals surface area (Å²) in [4.78, 5) is 23.3. The molecule has 122 valence electrons. The van der Waals surface area contributed by atoms with Gasteiger partial charge in [0.25, 0.3) is 0 Å². The van der Waals surface area contributed by atoms with Crippen molar-refractivity contribution in [3.8, 4) is 0 Å². The number of carbonyl (C=O) groups excluding carboxylic acids is 1. The molecule has 0 aromatic rings. The zero-order valence-corrected chi connectivity index (χ0v) is 13.0. The summed E-state index contributed by atoms with van der Waals surface area (Å²) in [6.07, 6.45) is 7.06. The number of ether oxygens (including phenoxy) is 1. The van der Waals surface area contributed by atoms with Gasteiger partial charge in [-0.25, -0.2) is 4.79 Å². The number of hydrogen-bond acceptors (Lipinski definition) is 3. The lowest BCUT2D eigenvalue weighted by molar-refractivity contribution is -0.149. The number of hydrogen-bond donors (Lipinski definition) is 3. The minimum Gasteiger partial charge on any atom is -0.481 e. The molecule has 0 aromatic carbocycles. The van der Waals surface area contributed by atoms with Gasteiger partial charge >= 0.3 is 12.0 Å².